The normalized spacial score (nSPS) is 13.5. The van der Waals surface area contributed by atoms with E-state index >= 15 is 0 Å². The molecule has 2 amide bonds. The van der Waals surface area contributed by atoms with E-state index in [2.05, 4.69) is 26.2 Å². The van der Waals surface area contributed by atoms with E-state index in [1.807, 2.05) is 13.8 Å². The van der Waals surface area contributed by atoms with Crippen LogP contribution in [0.25, 0.3) is 0 Å². The largest absolute Gasteiger partial charge is 0.482 e. The monoisotopic (exact) mass is 393 g/mol. The van der Waals surface area contributed by atoms with Gasteiger partial charge in [-0.25, -0.2) is 4.98 Å². The summed E-state index contributed by atoms with van der Waals surface area (Å²) in [6.45, 7) is 3.66. The maximum Gasteiger partial charge on any atom is 0.265 e. The predicted molar refractivity (Wildman–Crippen MR) is 89.8 cm³/mol. The van der Waals surface area contributed by atoms with Crippen LogP contribution in [0.4, 0.5) is 5.69 Å². The molecule has 1 aromatic carbocycles. The number of nitrogens with one attached hydrogen (secondary N) is 1. The zero-order chi connectivity index (χ0) is 17.3. The van der Waals surface area contributed by atoms with Gasteiger partial charge in [-0.15, -0.1) is 0 Å². The summed E-state index contributed by atoms with van der Waals surface area (Å²) in [6, 6.07) is 5.31. The molecule has 2 heterocycles. The molecule has 0 fully saturated rings. The van der Waals surface area contributed by atoms with Crippen LogP contribution in [0.15, 0.2) is 27.1 Å². The number of rotatable bonds is 4. The molecule has 1 aliphatic rings. The molecule has 0 bridgehead atoms. The number of nitrogens with zero attached hydrogens (tertiary/aromatic N) is 2. The van der Waals surface area contributed by atoms with Crippen LogP contribution in [-0.2, 0) is 16.1 Å². The van der Waals surface area contributed by atoms with Crippen molar-refractivity contribution in [2.75, 3.05) is 18.1 Å². The second kappa shape index (κ2) is 6.64. The van der Waals surface area contributed by atoms with E-state index < -0.39 is 0 Å². The lowest BCUT2D eigenvalue weighted by Crippen LogP contribution is -2.45. The van der Waals surface area contributed by atoms with E-state index in [-0.39, 0.29) is 31.5 Å². The number of anilines is 1. The first-order valence-electron chi connectivity index (χ1n) is 7.36. The van der Waals surface area contributed by atoms with Gasteiger partial charge < -0.3 is 14.5 Å². The highest BCUT2D eigenvalue weighted by molar-refractivity contribution is 9.10. The van der Waals surface area contributed by atoms with E-state index in [1.54, 1.807) is 18.2 Å². The number of ether oxygens (including phenoxy) is 1. The first kappa shape index (κ1) is 16.5. The van der Waals surface area contributed by atoms with Gasteiger partial charge in [-0.3, -0.25) is 14.5 Å². The molecule has 8 heteroatoms. The lowest BCUT2D eigenvalue weighted by atomic mass is 10.2. The Balaban J connectivity index is 1.66. The summed E-state index contributed by atoms with van der Waals surface area (Å²) in [4.78, 5) is 29.9. The van der Waals surface area contributed by atoms with Gasteiger partial charge in [-0.05, 0) is 32.0 Å². The molecule has 126 valence electrons. The van der Waals surface area contributed by atoms with Gasteiger partial charge in [0.25, 0.3) is 5.91 Å². The van der Waals surface area contributed by atoms with E-state index in [0.717, 1.165) is 15.9 Å². The SMILES string of the molecule is Cc1nc(CNC(=O)CN2C(=O)COc3cc(Br)ccc32)oc1C. The number of aromatic nitrogens is 1. The number of benzene rings is 1. The molecule has 0 saturated heterocycles. The van der Waals surface area contributed by atoms with Crippen LogP contribution in [0.3, 0.4) is 0 Å². The van der Waals surface area contributed by atoms with Gasteiger partial charge in [0.1, 0.15) is 18.1 Å². The maximum absolute atomic E-state index is 12.2. The Hall–Kier alpha value is -2.35. The Kier molecular flexibility index (Phi) is 4.57. The molecule has 2 aromatic rings. The van der Waals surface area contributed by atoms with Crippen LogP contribution in [0, 0.1) is 13.8 Å². The van der Waals surface area contributed by atoms with Gasteiger partial charge >= 0.3 is 0 Å². The number of halogens is 1. The zero-order valence-electron chi connectivity index (χ0n) is 13.3. The van der Waals surface area contributed by atoms with Crippen LogP contribution < -0.4 is 15.0 Å². The van der Waals surface area contributed by atoms with Crippen LogP contribution >= 0.6 is 15.9 Å². The van der Waals surface area contributed by atoms with Crippen molar-refractivity contribution in [2.24, 2.45) is 0 Å². The second-order valence-corrected chi connectivity index (χ2v) is 6.32. The van der Waals surface area contributed by atoms with Crippen molar-refractivity contribution < 1.29 is 18.7 Å². The van der Waals surface area contributed by atoms with Gasteiger partial charge in [0, 0.05) is 4.47 Å². The second-order valence-electron chi connectivity index (χ2n) is 5.41. The molecule has 24 heavy (non-hydrogen) atoms. The van der Waals surface area contributed by atoms with Crippen LogP contribution in [0.1, 0.15) is 17.3 Å². The molecule has 0 spiro atoms. The Morgan fingerprint density at radius 3 is 2.92 bits per heavy atom. The third-order valence-corrected chi connectivity index (χ3v) is 4.17. The summed E-state index contributed by atoms with van der Waals surface area (Å²) < 4.78 is 11.7. The van der Waals surface area contributed by atoms with Gasteiger partial charge in [0.15, 0.2) is 6.61 Å². The average Bonchev–Trinajstić information content (AvgIpc) is 2.86. The van der Waals surface area contributed by atoms with Crippen LogP contribution in [-0.4, -0.2) is 29.9 Å². The van der Waals surface area contributed by atoms with E-state index in [0.29, 0.717) is 17.3 Å². The Morgan fingerprint density at radius 2 is 2.21 bits per heavy atom. The van der Waals surface area contributed by atoms with E-state index in [4.69, 9.17) is 9.15 Å². The van der Waals surface area contributed by atoms with Crippen molar-refractivity contribution in [2.45, 2.75) is 20.4 Å². The molecule has 0 atom stereocenters. The van der Waals surface area contributed by atoms with Crippen molar-refractivity contribution in [1.29, 1.82) is 0 Å². The fourth-order valence-corrected chi connectivity index (χ4v) is 2.68. The number of carbonyl (C=O) groups is 2. The summed E-state index contributed by atoms with van der Waals surface area (Å²) in [7, 11) is 0. The number of oxazole rings is 1. The van der Waals surface area contributed by atoms with E-state index in [1.165, 1.54) is 4.90 Å². The fourth-order valence-electron chi connectivity index (χ4n) is 2.34. The summed E-state index contributed by atoms with van der Waals surface area (Å²) in [6.07, 6.45) is 0. The van der Waals surface area contributed by atoms with Gasteiger partial charge in [-0.2, -0.15) is 0 Å². The molecular weight excluding hydrogens is 378 g/mol. The summed E-state index contributed by atoms with van der Waals surface area (Å²) >= 11 is 3.35. The third-order valence-electron chi connectivity index (χ3n) is 3.68. The first-order chi connectivity index (χ1) is 11.4. The smallest absolute Gasteiger partial charge is 0.265 e. The molecule has 0 aliphatic carbocycles. The third kappa shape index (κ3) is 3.43. The summed E-state index contributed by atoms with van der Waals surface area (Å²) in [5.74, 6) is 1.17. The molecule has 0 radical (unpaired) electrons. The minimum absolute atomic E-state index is 0.0878. The number of fused-ring (bicyclic) bond motifs is 1. The summed E-state index contributed by atoms with van der Waals surface area (Å²) in [5, 5.41) is 2.71. The molecule has 1 aromatic heterocycles. The molecule has 1 N–H and O–H groups in total. The highest BCUT2D eigenvalue weighted by atomic mass is 79.9. The van der Waals surface area contributed by atoms with Crippen molar-refractivity contribution in [1.82, 2.24) is 10.3 Å². The van der Waals surface area contributed by atoms with E-state index in [9.17, 15) is 9.59 Å². The molecule has 3 rings (SSSR count). The Morgan fingerprint density at radius 1 is 1.42 bits per heavy atom. The maximum atomic E-state index is 12.2. The van der Waals surface area contributed by atoms with Crippen molar-refractivity contribution >= 4 is 33.4 Å². The van der Waals surface area contributed by atoms with Crippen molar-refractivity contribution in [3.05, 3.63) is 40.0 Å². The lowest BCUT2D eigenvalue weighted by molar-refractivity contribution is -0.125. The van der Waals surface area contributed by atoms with Crippen molar-refractivity contribution in [3.8, 4) is 5.75 Å². The highest BCUT2D eigenvalue weighted by Crippen LogP contribution is 2.34. The number of hydrogen-bond acceptors (Lipinski definition) is 5. The number of carbonyl (C=O) groups excluding carboxylic acids is 2. The van der Waals surface area contributed by atoms with Gasteiger partial charge in [0.2, 0.25) is 11.8 Å². The minimum atomic E-state index is -0.298. The first-order valence-corrected chi connectivity index (χ1v) is 8.15. The zero-order valence-corrected chi connectivity index (χ0v) is 14.8. The summed E-state index contributed by atoms with van der Waals surface area (Å²) in [5.41, 5.74) is 1.37. The molecule has 0 unspecified atom stereocenters. The van der Waals surface area contributed by atoms with Crippen molar-refractivity contribution in [3.63, 3.8) is 0 Å². The lowest BCUT2D eigenvalue weighted by Gasteiger charge is -2.28. The quantitative estimate of drug-likeness (QED) is 0.859. The predicted octanol–water partition coefficient (Wildman–Crippen LogP) is 2.10. The fraction of sp³-hybridized carbons (Fsp3) is 0.312. The topological polar surface area (TPSA) is 84.7 Å². The minimum Gasteiger partial charge on any atom is -0.482 e. The number of aryl methyl sites for hydroxylation is 2. The molecule has 1 aliphatic heterocycles. The average molecular weight is 394 g/mol. The molecular formula is C16H16BrN3O4. The van der Waals surface area contributed by atoms with Crippen LogP contribution in [0.5, 0.6) is 5.75 Å². The van der Waals surface area contributed by atoms with Crippen LogP contribution in [0.2, 0.25) is 0 Å². The van der Waals surface area contributed by atoms with Gasteiger partial charge in [0.05, 0.1) is 17.9 Å². The Labute approximate surface area is 147 Å². The standard InChI is InChI=1S/C16H16BrN3O4/c1-9-10(2)24-15(19-9)6-18-14(21)7-20-12-4-3-11(17)5-13(12)23-8-16(20)22/h3-5H,6-8H2,1-2H3,(H,18,21). The number of amides is 2. The highest BCUT2D eigenvalue weighted by Gasteiger charge is 2.27. The Bertz CT molecular complexity index is 783. The number of hydrogen-bond donors (Lipinski definition) is 1. The molecule has 7 nitrogen and oxygen atoms in total. The van der Waals surface area contributed by atoms with Gasteiger partial charge in [-0.1, -0.05) is 15.9 Å². The molecule has 0 saturated carbocycles.